The van der Waals surface area contributed by atoms with Gasteiger partial charge in [-0.1, -0.05) is 20.8 Å². The zero-order valence-corrected chi connectivity index (χ0v) is 12.6. The Morgan fingerprint density at radius 2 is 2.05 bits per heavy atom. The highest BCUT2D eigenvalue weighted by molar-refractivity contribution is 5.79. The van der Waals surface area contributed by atoms with E-state index < -0.39 is 0 Å². The Labute approximate surface area is 116 Å². The molecule has 0 saturated carbocycles. The Morgan fingerprint density at radius 3 is 2.47 bits per heavy atom. The number of ether oxygens (including phenoxy) is 1. The van der Waals surface area contributed by atoms with Gasteiger partial charge in [0.2, 0.25) is 5.91 Å². The molecule has 1 unspecified atom stereocenters. The Hall–Kier alpha value is -1.12. The molecular formula is C14H27N3O2. The van der Waals surface area contributed by atoms with Crippen molar-refractivity contribution in [1.82, 2.24) is 4.90 Å². The first-order valence-electron chi connectivity index (χ1n) is 6.70. The van der Waals surface area contributed by atoms with Crippen molar-refractivity contribution in [2.24, 2.45) is 17.1 Å². The van der Waals surface area contributed by atoms with Crippen LogP contribution in [0.15, 0.2) is 0 Å². The van der Waals surface area contributed by atoms with Gasteiger partial charge in [-0.15, -0.1) is 0 Å². The summed E-state index contributed by atoms with van der Waals surface area (Å²) in [4.78, 5) is 14.1. The number of hydrogen-bond acceptors (Lipinski definition) is 4. The molecule has 0 aromatic carbocycles. The number of rotatable bonds is 8. The maximum atomic E-state index is 12.4. The third kappa shape index (κ3) is 7.81. The lowest BCUT2D eigenvalue weighted by Gasteiger charge is -2.29. The van der Waals surface area contributed by atoms with E-state index in [9.17, 15) is 4.79 Å². The number of hydrogen-bond donors (Lipinski definition) is 1. The number of nitrogens with two attached hydrogens (primary N) is 1. The van der Waals surface area contributed by atoms with E-state index >= 15 is 0 Å². The molecule has 110 valence electrons. The van der Waals surface area contributed by atoms with Crippen LogP contribution < -0.4 is 5.73 Å². The van der Waals surface area contributed by atoms with Crippen LogP contribution in [0.5, 0.6) is 0 Å². The molecule has 0 heterocycles. The van der Waals surface area contributed by atoms with E-state index in [1.165, 1.54) is 0 Å². The molecule has 19 heavy (non-hydrogen) atoms. The van der Waals surface area contributed by atoms with Gasteiger partial charge < -0.3 is 15.4 Å². The molecule has 0 aliphatic carbocycles. The number of nitrogens with zero attached hydrogens (tertiary/aromatic N) is 2. The van der Waals surface area contributed by atoms with Crippen molar-refractivity contribution >= 4 is 5.91 Å². The van der Waals surface area contributed by atoms with Gasteiger partial charge in [-0.05, 0) is 11.8 Å². The predicted molar refractivity (Wildman–Crippen MR) is 75.3 cm³/mol. The second kappa shape index (κ2) is 8.89. The number of amides is 1. The summed E-state index contributed by atoms with van der Waals surface area (Å²) in [5.74, 6) is -0.153. The van der Waals surface area contributed by atoms with Gasteiger partial charge in [-0.3, -0.25) is 4.79 Å². The average Bonchev–Trinajstić information content (AvgIpc) is 2.34. The standard InChI is InChI=1S/C14H27N3O2/c1-14(2,3)10-12(11-16)13(18)17(7-5-6-15)8-9-19-4/h12H,5,7-11,16H2,1-4H3. The molecule has 2 N–H and O–H groups in total. The normalized spacial score (nSPS) is 12.8. The Balaban J connectivity index is 4.67. The molecule has 0 aliphatic rings. The maximum Gasteiger partial charge on any atom is 0.227 e. The molecule has 0 rings (SSSR count). The highest BCUT2D eigenvalue weighted by Crippen LogP contribution is 2.25. The quantitative estimate of drug-likeness (QED) is 0.722. The molecule has 0 radical (unpaired) electrons. The molecular weight excluding hydrogens is 242 g/mol. The maximum absolute atomic E-state index is 12.4. The molecule has 5 nitrogen and oxygen atoms in total. The predicted octanol–water partition coefficient (Wildman–Crippen LogP) is 1.39. The minimum atomic E-state index is -0.185. The fourth-order valence-corrected chi connectivity index (χ4v) is 1.99. The smallest absolute Gasteiger partial charge is 0.227 e. The molecule has 0 aromatic rings. The average molecular weight is 269 g/mol. The molecule has 1 atom stereocenters. The molecule has 0 bridgehead atoms. The number of nitriles is 1. The van der Waals surface area contributed by atoms with Crippen LogP contribution >= 0.6 is 0 Å². The van der Waals surface area contributed by atoms with Gasteiger partial charge in [0.1, 0.15) is 0 Å². The van der Waals surface area contributed by atoms with E-state index in [-0.39, 0.29) is 17.2 Å². The van der Waals surface area contributed by atoms with Crippen LogP contribution in [0, 0.1) is 22.7 Å². The first kappa shape index (κ1) is 17.9. The summed E-state index contributed by atoms with van der Waals surface area (Å²) in [7, 11) is 1.60. The van der Waals surface area contributed by atoms with E-state index in [0.717, 1.165) is 6.42 Å². The lowest BCUT2D eigenvalue weighted by molar-refractivity contribution is -0.136. The van der Waals surface area contributed by atoms with Gasteiger partial charge >= 0.3 is 0 Å². The minimum absolute atomic E-state index is 0.0322. The van der Waals surface area contributed by atoms with Crippen LogP contribution in [0.1, 0.15) is 33.6 Å². The van der Waals surface area contributed by atoms with Gasteiger partial charge in [0.05, 0.1) is 25.0 Å². The summed E-state index contributed by atoms with van der Waals surface area (Å²) >= 11 is 0. The Kier molecular flexibility index (Phi) is 8.37. The van der Waals surface area contributed by atoms with Crippen LogP contribution in [-0.2, 0) is 9.53 Å². The minimum Gasteiger partial charge on any atom is -0.383 e. The van der Waals surface area contributed by atoms with Crippen molar-refractivity contribution < 1.29 is 9.53 Å². The van der Waals surface area contributed by atoms with Crippen LogP contribution in [0.25, 0.3) is 0 Å². The fourth-order valence-electron chi connectivity index (χ4n) is 1.99. The highest BCUT2D eigenvalue weighted by Gasteiger charge is 2.27. The second-order valence-corrected chi connectivity index (χ2v) is 5.92. The van der Waals surface area contributed by atoms with Gasteiger partial charge in [0.25, 0.3) is 0 Å². The lowest BCUT2D eigenvalue weighted by atomic mass is 9.84. The molecule has 0 aromatic heterocycles. The van der Waals surface area contributed by atoms with Crippen molar-refractivity contribution in [1.29, 1.82) is 5.26 Å². The van der Waals surface area contributed by atoms with Crippen molar-refractivity contribution in [3.05, 3.63) is 0 Å². The Bertz CT molecular complexity index is 305. The van der Waals surface area contributed by atoms with E-state index in [2.05, 4.69) is 26.8 Å². The van der Waals surface area contributed by atoms with Crippen molar-refractivity contribution in [3.8, 4) is 6.07 Å². The molecule has 0 aliphatic heterocycles. The van der Waals surface area contributed by atoms with E-state index in [1.807, 2.05) is 0 Å². The zero-order chi connectivity index (χ0) is 14.9. The summed E-state index contributed by atoms with van der Waals surface area (Å²) in [6, 6.07) is 2.07. The SMILES string of the molecule is COCCN(CCC#N)C(=O)C(CN)CC(C)(C)C. The summed E-state index contributed by atoms with van der Waals surface area (Å²) in [6.45, 7) is 8.06. The molecule has 0 spiro atoms. The first-order chi connectivity index (χ1) is 8.85. The summed E-state index contributed by atoms with van der Waals surface area (Å²) in [5.41, 5.74) is 5.79. The van der Waals surface area contributed by atoms with E-state index in [1.54, 1.807) is 12.0 Å². The van der Waals surface area contributed by atoms with Crippen LogP contribution in [0.4, 0.5) is 0 Å². The largest absolute Gasteiger partial charge is 0.383 e. The van der Waals surface area contributed by atoms with Gasteiger partial charge in [-0.2, -0.15) is 5.26 Å². The molecule has 0 saturated heterocycles. The third-order valence-corrected chi connectivity index (χ3v) is 2.86. The molecule has 5 heteroatoms. The first-order valence-corrected chi connectivity index (χ1v) is 6.70. The number of carbonyl (C=O) groups excluding carboxylic acids is 1. The van der Waals surface area contributed by atoms with Gasteiger partial charge in [0, 0.05) is 26.7 Å². The van der Waals surface area contributed by atoms with E-state index in [4.69, 9.17) is 15.7 Å². The number of methoxy groups -OCH3 is 1. The third-order valence-electron chi connectivity index (χ3n) is 2.86. The van der Waals surface area contributed by atoms with Gasteiger partial charge in [0.15, 0.2) is 0 Å². The monoisotopic (exact) mass is 269 g/mol. The molecule has 0 fully saturated rings. The summed E-state index contributed by atoms with van der Waals surface area (Å²) in [5, 5.41) is 8.66. The topological polar surface area (TPSA) is 79.3 Å². The zero-order valence-electron chi connectivity index (χ0n) is 12.6. The summed E-state index contributed by atoms with van der Waals surface area (Å²) in [6.07, 6.45) is 1.08. The van der Waals surface area contributed by atoms with Crippen LogP contribution in [-0.4, -0.2) is 44.2 Å². The van der Waals surface area contributed by atoms with E-state index in [0.29, 0.717) is 32.7 Å². The fraction of sp³-hybridized carbons (Fsp3) is 0.857. The van der Waals surface area contributed by atoms with Crippen LogP contribution in [0.3, 0.4) is 0 Å². The van der Waals surface area contributed by atoms with Crippen molar-refractivity contribution in [2.75, 3.05) is 33.4 Å². The number of carbonyl (C=O) groups is 1. The second-order valence-electron chi connectivity index (χ2n) is 5.92. The highest BCUT2D eigenvalue weighted by atomic mass is 16.5. The lowest BCUT2D eigenvalue weighted by Crippen LogP contribution is -2.42. The van der Waals surface area contributed by atoms with Crippen molar-refractivity contribution in [3.63, 3.8) is 0 Å². The van der Waals surface area contributed by atoms with Gasteiger partial charge in [-0.25, -0.2) is 0 Å². The van der Waals surface area contributed by atoms with Crippen molar-refractivity contribution in [2.45, 2.75) is 33.6 Å². The molecule has 1 amide bonds. The Morgan fingerprint density at radius 1 is 1.42 bits per heavy atom. The van der Waals surface area contributed by atoms with Crippen LogP contribution in [0.2, 0.25) is 0 Å². The summed E-state index contributed by atoms with van der Waals surface area (Å²) < 4.78 is 5.01.